The van der Waals surface area contributed by atoms with E-state index in [4.69, 9.17) is 13.6 Å². The van der Waals surface area contributed by atoms with Gasteiger partial charge in [-0.1, -0.05) is 0 Å². The zero-order valence-corrected chi connectivity index (χ0v) is 15.7. The molecule has 0 aliphatic rings. The van der Waals surface area contributed by atoms with Crippen molar-refractivity contribution in [3.63, 3.8) is 0 Å². The fourth-order valence-electron chi connectivity index (χ4n) is 2.99. The summed E-state index contributed by atoms with van der Waals surface area (Å²) in [5.41, 5.74) is 1.10. The molecule has 10 nitrogen and oxygen atoms in total. The van der Waals surface area contributed by atoms with Crippen molar-refractivity contribution in [2.45, 2.75) is 13.8 Å². The van der Waals surface area contributed by atoms with E-state index in [-0.39, 0.29) is 28.0 Å². The quantitative estimate of drug-likeness (QED) is 0.151. The van der Waals surface area contributed by atoms with E-state index in [1.165, 1.54) is 43.5 Å². The monoisotopic (exact) mass is 407 g/mol. The molecule has 0 bridgehead atoms. The van der Waals surface area contributed by atoms with Crippen LogP contribution in [0.2, 0.25) is 0 Å². The summed E-state index contributed by atoms with van der Waals surface area (Å²) in [5, 5.41) is 19.9. The molecule has 0 unspecified atom stereocenters. The van der Waals surface area contributed by atoms with Crippen molar-refractivity contribution in [2.75, 3.05) is 0 Å². The van der Waals surface area contributed by atoms with Crippen LogP contribution in [0, 0.1) is 17.0 Å². The Bertz CT molecular complexity index is 1400. The van der Waals surface area contributed by atoms with Gasteiger partial charge in [0.1, 0.15) is 17.3 Å². The van der Waals surface area contributed by atoms with E-state index in [2.05, 4.69) is 10.2 Å². The number of furan rings is 1. The van der Waals surface area contributed by atoms with Crippen LogP contribution in [0.3, 0.4) is 0 Å². The lowest BCUT2D eigenvalue weighted by molar-refractivity contribution is -0.384. The number of ether oxygens (including phenoxy) is 1. The first-order valence-electron chi connectivity index (χ1n) is 8.67. The fraction of sp³-hybridized carbons (Fsp3) is 0.100. The summed E-state index contributed by atoms with van der Waals surface area (Å²) in [6, 6.07) is 8.50. The number of non-ortho nitro benzene ring substituents is 1. The SMILES string of the molecule is CC(=O)Oc1coc2c(N=Nc3ccc([N+](=O)[O-])cc3)cc3c(C)cc(=O)oc3c12. The lowest BCUT2D eigenvalue weighted by atomic mass is 10.1. The van der Waals surface area contributed by atoms with Crippen LogP contribution in [-0.4, -0.2) is 10.9 Å². The summed E-state index contributed by atoms with van der Waals surface area (Å²) in [5.74, 6) is -0.484. The average Bonchev–Trinajstić information content (AvgIpc) is 3.10. The number of hydrogen-bond donors (Lipinski definition) is 0. The predicted molar refractivity (Wildman–Crippen MR) is 106 cm³/mol. The van der Waals surface area contributed by atoms with Crippen molar-refractivity contribution < 1.29 is 23.3 Å². The Hall–Kier alpha value is -4.34. The van der Waals surface area contributed by atoms with E-state index in [1.807, 2.05) is 0 Å². The second-order valence-corrected chi connectivity index (χ2v) is 6.39. The first-order valence-corrected chi connectivity index (χ1v) is 8.67. The minimum absolute atomic E-state index is 0.0650. The normalized spacial score (nSPS) is 11.4. The van der Waals surface area contributed by atoms with Crippen molar-refractivity contribution in [3.8, 4) is 5.75 Å². The van der Waals surface area contributed by atoms with Crippen LogP contribution >= 0.6 is 0 Å². The number of hydrogen-bond acceptors (Lipinski definition) is 9. The van der Waals surface area contributed by atoms with Gasteiger partial charge in [0.25, 0.3) is 5.69 Å². The molecule has 10 heteroatoms. The number of nitro benzene ring substituents is 1. The van der Waals surface area contributed by atoms with Crippen molar-refractivity contribution in [1.29, 1.82) is 0 Å². The molecule has 2 aromatic carbocycles. The maximum absolute atomic E-state index is 11.9. The third kappa shape index (κ3) is 3.41. The summed E-state index contributed by atoms with van der Waals surface area (Å²) in [6.45, 7) is 2.97. The summed E-state index contributed by atoms with van der Waals surface area (Å²) in [4.78, 5) is 33.6. The first kappa shape index (κ1) is 19.0. The molecule has 150 valence electrons. The van der Waals surface area contributed by atoms with Crippen molar-refractivity contribution in [3.05, 3.63) is 68.8 Å². The molecule has 2 aromatic heterocycles. The highest BCUT2D eigenvalue weighted by Crippen LogP contribution is 2.41. The Balaban J connectivity index is 1.90. The largest absolute Gasteiger partial charge is 0.458 e. The third-order valence-corrected chi connectivity index (χ3v) is 4.29. The van der Waals surface area contributed by atoms with Gasteiger partial charge in [-0.2, -0.15) is 5.11 Å². The van der Waals surface area contributed by atoms with Gasteiger partial charge in [-0.3, -0.25) is 14.9 Å². The number of esters is 1. The number of fused-ring (bicyclic) bond motifs is 3. The zero-order chi connectivity index (χ0) is 21.4. The zero-order valence-electron chi connectivity index (χ0n) is 15.7. The molecule has 4 aromatic rings. The molecule has 0 spiro atoms. The van der Waals surface area contributed by atoms with Crippen LogP contribution in [0.1, 0.15) is 12.5 Å². The van der Waals surface area contributed by atoms with Crippen LogP contribution in [-0.2, 0) is 4.79 Å². The minimum Gasteiger partial charge on any atom is -0.458 e. The van der Waals surface area contributed by atoms with Gasteiger partial charge in [0.15, 0.2) is 16.9 Å². The Morgan fingerprint density at radius 1 is 1.13 bits per heavy atom. The van der Waals surface area contributed by atoms with Gasteiger partial charge in [0.05, 0.1) is 10.6 Å². The molecule has 0 amide bonds. The van der Waals surface area contributed by atoms with E-state index in [9.17, 15) is 19.7 Å². The van der Waals surface area contributed by atoms with Gasteiger partial charge in [-0.05, 0) is 30.7 Å². The first-order chi connectivity index (χ1) is 14.3. The second kappa shape index (κ2) is 7.24. The van der Waals surface area contributed by atoms with Gasteiger partial charge < -0.3 is 13.6 Å². The molecule has 0 atom stereocenters. The van der Waals surface area contributed by atoms with E-state index in [0.717, 1.165) is 0 Å². The summed E-state index contributed by atoms with van der Waals surface area (Å²) >= 11 is 0. The number of aryl methyl sites for hydroxylation is 1. The lowest BCUT2D eigenvalue weighted by Crippen LogP contribution is -2.01. The Kier molecular flexibility index (Phi) is 4.59. The molecule has 0 saturated carbocycles. The molecule has 0 fully saturated rings. The highest BCUT2D eigenvalue weighted by molar-refractivity contribution is 6.11. The molecule has 2 heterocycles. The van der Waals surface area contributed by atoms with E-state index in [0.29, 0.717) is 22.3 Å². The topological polar surface area (TPSA) is 138 Å². The van der Waals surface area contributed by atoms with E-state index >= 15 is 0 Å². The Morgan fingerprint density at radius 2 is 1.87 bits per heavy atom. The maximum atomic E-state index is 11.9. The molecular formula is C20H13N3O7. The molecule has 4 rings (SSSR count). The number of rotatable bonds is 4. The smallest absolute Gasteiger partial charge is 0.336 e. The molecular weight excluding hydrogens is 394 g/mol. The van der Waals surface area contributed by atoms with Gasteiger partial charge in [0, 0.05) is 30.5 Å². The molecule has 0 aliphatic heterocycles. The number of azo groups is 1. The van der Waals surface area contributed by atoms with Gasteiger partial charge in [0.2, 0.25) is 0 Å². The highest BCUT2D eigenvalue weighted by atomic mass is 16.6. The van der Waals surface area contributed by atoms with Gasteiger partial charge in [-0.15, -0.1) is 5.11 Å². The standard InChI is InChI=1S/C20H13N3O7/c1-10-7-17(25)30-19-14(10)8-15(20-18(19)16(9-28-20)29-11(2)24)22-21-12-3-5-13(6-4-12)23(26)27/h3-9H,1-2H3. The van der Waals surface area contributed by atoms with Crippen molar-refractivity contribution >= 4 is 45.0 Å². The van der Waals surface area contributed by atoms with E-state index < -0.39 is 16.5 Å². The fourth-order valence-corrected chi connectivity index (χ4v) is 2.99. The number of benzene rings is 2. The van der Waals surface area contributed by atoms with Crippen LogP contribution in [0.25, 0.3) is 21.9 Å². The Labute approximate surface area is 167 Å². The Morgan fingerprint density at radius 3 is 2.53 bits per heavy atom. The van der Waals surface area contributed by atoms with Crippen molar-refractivity contribution in [2.24, 2.45) is 10.2 Å². The van der Waals surface area contributed by atoms with Crippen LogP contribution in [0.5, 0.6) is 5.75 Å². The van der Waals surface area contributed by atoms with Crippen LogP contribution in [0.15, 0.2) is 66.5 Å². The van der Waals surface area contributed by atoms with Gasteiger partial charge in [-0.25, -0.2) is 4.79 Å². The highest BCUT2D eigenvalue weighted by Gasteiger charge is 2.20. The summed E-state index contributed by atoms with van der Waals surface area (Å²) < 4.78 is 16.1. The predicted octanol–water partition coefficient (Wildman–Crippen LogP) is 5.10. The second-order valence-electron chi connectivity index (χ2n) is 6.39. The van der Waals surface area contributed by atoms with Crippen LogP contribution < -0.4 is 10.4 Å². The van der Waals surface area contributed by atoms with Crippen LogP contribution in [0.4, 0.5) is 17.1 Å². The van der Waals surface area contributed by atoms with Crippen molar-refractivity contribution in [1.82, 2.24) is 0 Å². The number of carbonyl (C=O) groups excluding carboxylic acids is 1. The average molecular weight is 407 g/mol. The van der Waals surface area contributed by atoms with Gasteiger partial charge >= 0.3 is 11.6 Å². The summed E-state index contributed by atoms with van der Waals surface area (Å²) in [6.07, 6.45) is 1.22. The van der Waals surface area contributed by atoms with E-state index in [1.54, 1.807) is 13.0 Å². The summed E-state index contributed by atoms with van der Waals surface area (Å²) in [7, 11) is 0. The molecule has 0 aliphatic carbocycles. The maximum Gasteiger partial charge on any atom is 0.336 e. The lowest BCUT2D eigenvalue weighted by Gasteiger charge is -2.05. The minimum atomic E-state index is -0.571. The number of nitrogens with zero attached hydrogens (tertiary/aromatic N) is 3. The number of carbonyl (C=O) groups is 1. The molecule has 0 N–H and O–H groups in total. The number of nitro groups is 1. The molecule has 30 heavy (non-hydrogen) atoms. The third-order valence-electron chi connectivity index (χ3n) is 4.29. The molecule has 0 radical (unpaired) electrons. The molecule has 0 saturated heterocycles.